The fraction of sp³-hybridized carbons (Fsp3) is 0.438. The molecular formula is C16H18ClFN2S. The maximum atomic E-state index is 13.3. The van der Waals surface area contributed by atoms with Crippen LogP contribution in [-0.4, -0.2) is 11.5 Å². The molecule has 0 saturated carbocycles. The molecule has 3 rings (SSSR count). The van der Waals surface area contributed by atoms with Gasteiger partial charge in [-0.1, -0.05) is 24.6 Å². The van der Waals surface area contributed by atoms with Gasteiger partial charge in [0, 0.05) is 9.90 Å². The molecule has 1 aromatic carbocycles. The Kier molecular flexibility index (Phi) is 4.57. The van der Waals surface area contributed by atoms with Gasteiger partial charge in [0.1, 0.15) is 10.8 Å². The van der Waals surface area contributed by atoms with E-state index in [1.165, 1.54) is 35.5 Å². The van der Waals surface area contributed by atoms with Crippen molar-refractivity contribution in [3.05, 3.63) is 50.2 Å². The van der Waals surface area contributed by atoms with Crippen LogP contribution in [0.5, 0.6) is 0 Å². The predicted molar refractivity (Wildman–Crippen MR) is 85.7 cm³/mol. The van der Waals surface area contributed by atoms with E-state index in [1.54, 1.807) is 17.4 Å². The van der Waals surface area contributed by atoms with E-state index in [4.69, 9.17) is 16.6 Å². The minimum absolute atomic E-state index is 0.0568. The molecule has 1 aliphatic rings. The second-order valence-electron chi connectivity index (χ2n) is 5.29. The molecule has 1 N–H and O–H groups in total. The summed E-state index contributed by atoms with van der Waals surface area (Å²) in [6.45, 7) is 2.86. The summed E-state index contributed by atoms with van der Waals surface area (Å²) in [6.07, 6.45) is 4.67. The monoisotopic (exact) mass is 324 g/mol. The lowest BCUT2D eigenvalue weighted by molar-refractivity contribution is 0.609. The highest BCUT2D eigenvalue weighted by Gasteiger charge is 2.23. The number of nitrogens with one attached hydrogen (secondary N) is 1. The van der Waals surface area contributed by atoms with Gasteiger partial charge in [0.05, 0.1) is 11.7 Å². The highest BCUT2D eigenvalue weighted by Crippen LogP contribution is 2.35. The number of benzene rings is 1. The number of rotatable bonds is 4. The van der Waals surface area contributed by atoms with E-state index in [2.05, 4.69) is 12.2 Å². The van der Waals surface area contributed by atoms with E-state index in [1.807, 2.05) is 0 Å². The first-order valence-corrected chi connectivity index (χ1v) is 8.55. The van der Waals surface area contributed by atoms with E-state index in [0.717, 1.165) is 30.0 Å². The number of aryl methyl sites for hydroxylation is 2. The van der Waals surface area contributed by atoms with Crippen LogP contribution >= 0.6 is 22.9 Å². The van der Waals surface area contributed by atoms with Gasteiger partial charge in [-0.05, 0) is 49.9 Å². The summed E-state index contributed by atoms with van der Waals surface area (Å²) >= 11 is 8.00. The van der Waals surface area contributed by atoms with E-state index in [0.29, 0.717) is 5.02 Å². The van der Waals surface area contributed by atoms with Crippen molar-refractivity contribution in [1.29, 1.82) is 0 Å². The summed E-state index contributed by atoms with van der Waals surface area (Å²) in [6, 6.07) is 4.53. The molecular weight excluding hydrogens is 307 g/mol. The fourth-order valence-corrected chi connectivity index (χ4v) is 4.29. The second-order valence-corrected chi connectivity index (χ2v) is 6.81. The smallest absolute Gasteiger partial charge is 0.124 e. The number of fused-ring (bicyclic) bond motifs is 1. The summed E-state index contributed by atoms with van der Waals surface area (Å²) in [5.41, 5.74) is 2.13. The number of nitrogens with zero attached hydrogens (tertiary/aromatic N) is 1. The van der Waals surface area contributed by atoms with Gasteiger partial charge in [0.2, 0.25) is 0 Å². The van der Waals surface area contributed by atoms with Crippen LogP contribution < -0.4 is 5.32 Å². The average molecular weight is 325 g/mol. The van der Waals surface area contributed by atoms with Crippen LogP contribution in [0, 0.1) is 5.82 Å². The van der Waals surface area contributed by atoms with Crippen molar-refractivity contribution < 1.29 is 4.39 Å². The summed E-state index contributed by atoms with van der Waals surface area (Å²) in [5, 5.41) is 4.92. The molecule has 1 heterocycles. The third-order valence-corrected chi connectivity index (χ3v) is 5.34. The number of aromatic nitrogens is 1. The molecule has 21 heavy (non-hydrogen) atoms. The quantitative estimate of drug-likeness (QED) is 0.894. The van der Waals surface area contributed by atoms with Crippen LogP contribution in [0.3, 0.4) is 0 Å². The van der Waals surface area contributed by atoms with Gasteiger partial charge < -0.3 is 5.32 Å². The van der Waals surface area contributed by atoms with Crippen LogP contribution in [0.4, 0.5) is 4.39 Å². The van der Waals surface area contributed by atoms with Gasteiger partial charge in [-0.25, -0.2) is 9.37 Å². The molecule has 0 aliphatic heterocycles. The third-order valence-electron chi connectivity index (χ3n) is 3.79. The van der Waals surface area contributed by atoms with Crippen molar-refractivity contribution in [2.75, 3.05) is 6.54 Å². The minimum Gasteiger partial charge on any atom is -0.304 e. The van der Waals surface area contributed by atoms with E-state index >= 15 is 0 Å². The molecule has 0 saturated heterocycles. The van der Waals surface area contributed by atoms with Crippen molar-refractivity contribution in [2.24, 2.45) is 0 Å². The number of hydrogen-bond donors (Lipinski definition) is 1. The lowest BCUT2D eigenvalue weighted by atomic mass is 10.0. The Labute approximate surface area is 133 Å². The van der Waals surface area contributed by atoms with Crippen molar-refractivity contribution in [2.45, 2.75) is 38.6 Å². The van der Waals surface area contributed by atoms with E-state index in [9.17, 15) is 4.39 Å². The van der Waals surface area contributed by atoms with Gasteiger partial charge in [0.15, 0.2) is 0 Å². The van der Waals surface area contributed by atoms with Crippen molar-refractivity contribution in [3.63, 3.8) is 0 Å². The number of hydrogen-bond acceptors (Lipinski definition) is 3. The molecule has 2 nitrogen and oxygen atoms in total. The van der Waals surface area contributed by atoms with Crippen LogP contribution in [0.15, 0.2) is 18.2 Å². The van der Waals surface area contributed by atoms with Crippen LogP contribution in [0.2, 0.25) is 5.02 Å². The first-order valence-electron chi connectivity index (χ1n) is 7.36. The molecule has 1 atom stereocenters. The fourth-order valence-electron chi connectivity index (χ4n) is 2.77. The molecule has 1 aliphatic carbocycles. The summed E-state index contributed by atoms with van der Waals surface area (Å²) in [7, 11) is 0. The van der Waals surface area contributed by atoms with Crippen molar-refractivity contribution in [3.8, 4) is 0 Å². The summed E-state index contributed by atoms with van der Waals surface area (Å²) in [5.74, 6) is -0.308. The molecule has 0 bridgehead atoms. The van der Waals surface area contributed by atoms with Crippen molar-refractivity contribution in [1.82, 2.24) is 10.3 Å². The molecule has 2 aromatic rings. The largest absolute Gasteiger partial charge is 0.304 e. The summed E-state index contributed by atoms with van der Waals surface area (Å²) in [4.78, 5) is 6.21. The number of thiazole rings is 1. The Morgan fingerprint density at radius 3 is 2.90 bits per heavy atom. The number of halogens is 2. The molecule has 0 radical (unpaired) electrons. The predicted octanol–water partition coefficient (Wildman–Crippen LogP) is 4.51. The maximum Gasteiger partial charge on any atom is 0.124 e. The van der Waals surface area contributed by atoms with Crippen LogP contribution in [-0.2, 0) is 12.8 Å². The second kappa shape index (κ2) is 6.42. The first kappa shape index (κ1) is 14.9. The normalized spacial score (nSPS) is 15.8. The minimum atomic E-state index is -0.308. The Morgan fingerprint density at radius 1 is 1.38 bits per heavy atom. The Hall–Kier alpha value is -0.970. The van der Waals surface area contributed by atoms with Crippen molar-refractivity contribution >= 4 is 22.9 Å². The van der Waals surface area contributed by atoms with Gasteiger partial charge in [-0.2, -0.15) is 0 Å². The summed E-state index contributed by atoms with van der Waals surface area (Å²) < 4.78 is 13.3. The van der Waals surface area contributed by atoms with Crippen LogP contribution in [0.1, 0.15) is 46.9 Å². The zero-order valence-electron chi connectivity index (χ0n) is 12.0. The molecule has 112 valence electrons. The zero-order chi connectivity index (χ0) is 14.8. The molecule has 0 fully saturated rings. The third kappa shape index (κ3) is 3.12. The van der Waals surface area contributed by atoms with Gasteiger partial charge >= 0.3 is 0 Å². The molecule has 5 heteroatoms. The molecule has 0 spiro atoms. The van der Waals surface area contributed by atoms with E-state index in [-0.39, 0.29) is 11.9 Å². The molecule has 1 unspecified atom stereocenters. The lowest BCUT2D eigenvalue weighted by Gasteiger charge is -2.17. The lowest BCUT2D eigenvalue weighted by Crippen LogP contribution is -2.22. The highest BCUT2D eigenvalue weighted by atomic mass is 35.5. The standard InChI is InChI=1S/C16H18ClFN2S/c1-2-19-15(11-8-7-10(18)9-12(11)17)16-20-13-5-3-4-6-14(13)21-16/h7-9,15,19H,2-6H2,1H3. The highest BCUT2D eigenvalue weighted by molar-refractivity contribution is 7.11. The van der Waals surface area contributed by atoms with Gasteiger partial charge in [-0.15, -0.1) is 11.3 Å². The Balaban J connectivity index is 1.99. The Morgan fingerprint density at radius 2 is 2.19 bits per heavy atom. The van der Waals surface area contributed by atoms with Gasteiger partial charge in [0.25, 0.3) is 0 Å². The average Bonchev–Trinajstić information content (AvgIpc) is 2.89. The van der Waals surface area contributed by atoms with Gasteiger partial charge in [-0.3, -0.25) is 0 Å². The van der Waals surface area contributed by atoms with Crippen LogP contribution in [0.25, 0.3) is 0 Å². The SMILES string of the molecule is CCNC(c1nc2c(s1)CCCC2)c1ccc(F)cc1Cl. The first-order chi connectivity index (χ1) is 10.2. The molecule has 1 aromatic heterocycles. The topological polar surface area (TPSA) is 24.9 Å². The zero-order valence-corrected chi connectivity index (χ0v) is 13.5. The van der Waals surface area contributed by atoms with E-state index < -0.39 is 0 Å². The molecule has 0 amide bonds. The Bertz CT molecular complexity index is 618. The maximum absolute atomic E-state index is 13.3.